The van der Waals surface area contributed by atoms with Gasteiger partial charge in [-0.05, 0) is 89.9 Å². The van der Waals surface area contributed by atoms with E-state index in [1.807, 2.05) is 21.1 Å². The number of esters is 2. The van der Waals surface area contributed by atoms with Crippen LogP contribution in [0.15, 0.2) is 72.9 Å². The van der Waals surface area contributed by atoms with Gasteiger partial charge in [0.05, 0.1) is 27.7 Å². The van der Waals surface area contributed by atoms with E-state index in [2.05, 4.69) is 86.8 Å². The highest BCUT2D eigenvalue weighted by Crippen LogP contribution is 2.38. The molecule has 0 amide bonds. The van der Waals surface area contributed by atoms with Crippen LogP contribution in [0.3, 0.4) is 0 Å². The molecule has 0 rings (SSSR count). The Bertz CT molecular complexity index is 1350. The lowest BCUT2D eigenvalue weighted by Crippen LogP contribution is -2.37. The van der Waals surface area contributed by atoms with Crippen LogP contribution in [0, 0.1) is 0 Å². The topological polar surface area (TPSA) is 111 Å². The maximum atomic E-state index is 12.8. The number of hydrogen-bond donors (Lipinski definition) is 0. The number of ether oxygens (including phenoxy) is 2. The van der Waals surface area contributed by atoms with Crippen LogP contribution >= 0.6 is 7.82 Å². The van der Waals surface area contributed by atoms with Gasteiger partial charge in [-0.1, -0.05) is 189 Å². The Labute approximate surface area is 406 Å². The Morgan fingerprint density at radius 1 is 0.470 bits per heavy atom. The molecule has 0 bridgehead atoms. The van der Waals surface area contributed by atoms with Gasteiger partial charge >= 0.3 is 11.9 Å². The zero-order valence-electron chi connectivity index (χ0n) is 43.1. The van der Waals surface area contributed by atoms with Crippen LogP contribution in [-0.2, 0) is 32.7 Å². The van der Waals surface area contributed by atoms with Gasteiger partial charge in [-0.15, -0.1) is 0 Å². The highest BCUT2D eigenvalue weighted by molar-refractivity contribution is 7.45. The molecule has 0 saturated heterocycles. The monoisotopic (exact) mass is 946 g/mol. The summed E-state index contributed by atoms with van der Waals surface area (Å²) >= 11 is 0. The number of phosphoric ester groups is 1. The first-order valence-corrected chi connectivity index (χ1v) is 28.1. The SMILES string of the molecule is CCCCC/C=C\C/C=C\C/C=C\CCCCCCCCC(=O)OCC(COP(=O)([O-])OCC[N+](C)(C)C)OC(=O)CCCCCCCCCC/C=C\C/C=C\C/C=C\CCCCCCC. The fourth-order valence-electron chi connectivity index (χ4n) is 7.02. The van der Waals surface area contributed by atoms with E-state index in [0.29, 0.717) is 23.9 Å². The standard InChI is InChI=1S/C56H100NO8P/c1-6-8-10-12-14-16-18-20-22-24-26-27-28-29-31-33-35-37-39-41-43-45-47-49-56(59)65-54(53-64-66(60,61)63-51-50-57(3,4)5)52-62-55(58)48-46-44-42-40-38-36-34-32-30-25-23-21-19-17-15-13-11-9-7-2/h15,17-18,20-21,23-24,26,28-30,32,54H,6-14,16,19,22,25,27,31,33-53H2,1-5H3/b17-15-,20-18-,23-21-,26-24-,29-28-,32-30-. The lowest BCUT2D eigenvalue weighted by Gasteiger charge is -2.28. The van der Waals surface area contributed by atoms with Crippen molar-refractivity contribution >= 4 is 19.8 Å². The molecule has 2 atom stereocenters. The second kappa shape index (κ2) is 47.5. The molecule has 0 N–H and O–H groups in total. The molecule has 0 heterocycles. The van der Waals surface area contributed by atoms with Crippen molar-refractivity contribution in [3.63, 3.8) is 0 Å². The van der Waals surface area contributed by atoms with E-state index in [1.54, 1.807) is 0 Å². The number of rotatable bonds is 48. The molecular formula is C56H100NO8P. The fraction of sp³-hybridized carbons (Fsp3) is 0.750. The van der Waals surface area contributed by atoms with Crippen molar-refractivity contribution in [3.05, 3.63) is 72.9 Å². The fourth-order valence-corrected chi connectivity index (χ4v) is 7.75. The smallest absolute Gasteiger partial charge is 0.306 e. The third kappa shape index (κ3) is 50.9. The number of nitrogens with zero attached hydrogens (tertiary/aromatic N) is 1. The minimum atomic E-state index is -4.64. The minimum absolute atomic E-state index is 0.0380. The van der Waals surface area contributed by atoms with Crippen molar-refractivity contribution in [3.8, 4) is 0 Å². The van der Waals surface area contributed by atoms with Gasteiger partial charge < -0.3 is 27.9 Å². The number of phosphoric acid groups is 1. The number of hydrogen-bond acceptors (Lipinski definition) is 8. The van der Waals surface area contributed by atoms with Crippen LogP contribution in [0.2, 0.25) is 0 Å². The zero-order valence-corrected chi connectivity index (χ0v) is 44.0. The zero-order chi connectivity index (χ0) is 48.5. The average molecular weight is 946 g/mol. The van der Waals surface area contributed by atoms with Crippen LogP contribution in [0.1, 0.15) is 219 Å². The number of carbonyl (C=O) groups is 2. The quantitative estimate of drug-likeness (QED) is 0.0195. The lowest BCUT2D eigenvalue weighted by molar-refractivity contribution is -0.870. The van der Waals surface area contributed by atoms with Gasteiger partial charge in [0.25, 0.3) is 7.82 Å². The molecule has 10 heteroatoms. The summed E-state index contributed by atoms with van der Waals surface area (Å²) in [7, 11) is 1.14. The molecule has 0 aromatic carbocycles. The molecule has 382 valence electrons. The van der Waals surface area contributed by atoms with Gasteiger partial charge in [-0.25, -0.2) is 0 Å². The summed E-state index contributed by atoms with van der Waals surface area (Å²) in [5.74, 6) is -0.858. The van der Waals surface area contributed by atoms with Crippen molar-refractivity contribution in [2.45, 2.75) is 225 Å². The van der Waals surface area contributed by atoms with E-state index in [0.717, 1.165) is 83.5 Å². The molecule has 0 aliphatic carbocycles. The molecule has 0 aromatic rings. The highest BCUT2D eigenvalue weighted by atomic mass is 31.2. The predicted molar refractivity (Wildman–Crippen MR) is 277 cm³/mol. The average Bonchev–Trinajstić information content (AvgIpc) is 3.27. The number of carbonyl (C=O) groups excluding carboxylic acids is 2. The summed E-state index contributed by atoms with van der Waals surface area (Å²) < 4.78 is 34.1. The molecule has 9 nitrogen and oxygen atoms in total. The molecule has 0 aliphatic heterocycles. The molecule has 2 unspecified atom stereocenters. The third-order valence-electron chi connectivity index (χ3n) is 11.2. The van der Waals surface area contributed by atoms with Crippen LogP contribution in [0.5, 0.6) is 0 Å². The van der Waals surface area contributed by atoms with Crippen molar-refractivity contribution in [2.75, 3.05) is 47.5 Å². The molecule has 0 radical (unpaired) electrons. The number of likely N-dealkylation sites (N-methyl/N-ethyl adjacent to an activating group) is 1. The van der Waals surface area contributed by atoms with Gasteiger partial charge in [-0.3, -0.25) is 14.2 Å². The van der Waals surface area contributed by atoms with E-state index in [-0.39, 0.29) is 26.1 Å². The molecule has 66 heavy (non-hydrogen) atoms. The van der Waals surface area contributed by atoms with Crippen molar-refractivity contribution < 1.29 is 42.1 Å². The Morgan fingerprint density at radius 3 is 1.24 bits per heavy atom. The molecule has 0 aromatic heterocycles. The molecular weight excluding hydrogens is 846 g/mol. The lowest BCUT2D eigenvalue weighted by atomic mass is 10.1. The van der Waals surface area contributed by atoms with Gasteiger partial charge in [0.1, 0.15) is 19.8 Å². The number of unbranched alkanes of at least 4 members (excludes halogenated alkanes) is 22. The Balaban J connectivity index is 4.29. The van der Waals surface area contributed by atoms with E-state index in [1.165, 1.54) is 96.3 Å². The Hall–Kier alpha value is -2.55. The maximum absolute atomic E-state index is 12.8. The summed E-state index contributed by atoms with van der Waals surface area (Å²) in [6.07, 6.45) is 60.7. The van der Waals surface area contributed by atoms with Crippen molar-refractivity contribution in [1.82, 2.24) is 0 Å². The Kier molecular flexibility index (Phi) is 45.7. The summed E-state index contributed by atoms with van der Waals surface area (Å²) in [6, 6.07) is 0. The summed E-state index contributed by atoms with van der Waals surface area (Å²) in [5.41, 5.74) is 0. The molecule has 0 aliphatic rings. The minimum Gasteiger partial charge on any atom is -0.756 e. The second-order valence-electron chi connectivity index (χ2n) is 18.9. The molecule has 0 fully saturated rings. The molecule has 0 saturated carbocycles. The van der Waals surface area contributed by atoms with Crippen LogP contribution < -0.4 is 4.89 Å². The Morgan fingerprint density at radius 2 is 0.818 bits per heavy atom. The van der Waals surface area contributed by atoms with Gasteiger partial charge in [0.2, 0.25) is 0 Å². The van der Waals surface area contributed by atoms with Gasteiger partial charge in [0, 0.05) is 12.8 Å². The predicted octanol–water partition coefficient (Wildman–Crippen LogP) is 15.5. The van der Waals surface area contributed by atoms with E-state index in [9.17, 15) is 19.0 Å². The van der Waals surface area contributed by atoms with Crippen LogP contribution in [-0.4, -0.2) is 70.0 Å². The number of allylic oxidation sites excluding steroid dienone is 12. The van der Waals surface area contributed by atoms with E-state index in [4.69, 9.17) is 18.5 Å². The second-order valence-corrected chi connectivity index (χ2v) is 20.3. The summed E-state index contributed by atoms with van der Waals surface area (Å²) in [4.78, 5) is 37.8. The first-order valence-electron chi connectivity index (χ1n) is 26.6. The van der Waals surface area contributed by atoms with Crippen LogP contribution in [0.25, 0.3) is 0 Å². The van der Waals surface area contributed by atoms with Crippen molar-refractivity contribution in [2.24, 2.45) is 0 Å². The van der Waals surface area contributed by atoms with Gasteiger partial charge in [-0.2, -0.15) is 0 Å². The normalized spacial score (nSPS) is 14.0. The largest absolute Gasteiger partial charge is 0.756 e. The van der Waals surface area contributed by atoms with Crippen LogP contribution in [0.4, 0.5) is 0 Å². The van der Waals surface area contributed by atoms with E-state index >= 15 is 0 Å². The molecule has 0 spiro atoms. The first kappa shape index (κ1) is 63.5. The third-order valence-corrected chi connectivity index (χ3v) is 12.2. The van der Waals surface area contributed by atoms with E-state index < -0.39 is 32.5 Å². The maximum Gasteiger partial charge on any atom is 0.306 e. The summed E-state index contributed by atoms with van der Waals surface area (Å²) in [5, 5.41) is 0. The first-order chi connectivity index (χ1) is 32.0. The highest BCUT2D eigenvalue weighted by Gasteiger charge is 2.21. The van der Waals surface area contributed by atoms with Crippen molar-refractivity contribution in [1.29, 1.82) is 0 Å². The van der Waals surface area contributed by atoms with Gasteiger partial charge in [0.15, 0.2) is 6.10 Å². The number of quaternary nitrogens is 1. The summed E-state index contributed by atoms with van der Waals surface area (Å²) in [6.45, 7) is 4.17.